The van der Waals surface area contributed by atoms with E-state index in [2.05, 4.69) is 5.32 Å². The fourth-order valence-electron chi connectivity index (χ4n) is 3.22. The van der Waals surface area contributed by atoms with E-state index in [0.717, 1.165) is 0 Å². The Morgan fingerprint density at radius 3 is 2.54 bits per heavy atom. The zero-order valence-corrected chi connectivity index (χ0v) is 16.9. The summed E-state index contributed by atoms with van der Waals surface area (Å²) < 4.78 is 5.39. The summed E-state index contributed by atoms with van der Waals surface area (Å²) in [6.45, 7) is 9.94. The molecule has 9 heteroatoms. The van der Waals surface area contributed by atoms with Crippen molar-refractivity contribution in [2.45, 2.75) is 52.7 Å². The molecule has 28 heavy (non-hydrogen) atoms. The van der Waals surface area contributed by atoms with Crippen LogP contribution in [0.25, 0.3) is 0 Å². The molecule has 3 N–H and O–H groups in total. The van der Waals surface area contributed by atoms with Gasteiger partial charge in [0.25, 0.3) is 11.6 Å². The van der Waals surface area contributed by atoms with Crippen molar-refractivity contribution in [2.24, 2.45) is 5.92 Å². The lowest BCUT2D eigenvalue weighted by molar-refractivity contribution is -0.384. The molecule has 1 aromatic rings. The number of nitrogens with zero attached hydrogens (tertiary/aromatic N) is 2. The lowest BCUT2D eigenvalue weighted by Crippen LogP contribution is -2.52. The summed E-state index contributed by atoms with van der Waals surface area (Å²) in [6, 6.07) is 2.71. The molecule has 2 atom stereocenters. The minimum absolute atomic E-state index is 0.00811. The number of carbonyl (C=O) groups is 2. The summed E-state index contributed by atoms with van der Waals surface area (Å²) in [7, 11) is 0. The highest BCUT2D eigenvalue weighted by Gasteiger charge is 2.32. The molecule has 1 aliphatic rings. The van der Waals surface area contributed by atoms with E-state index in [1.165, 1.54) is 12.1 Å². The van der Waals surface area contributed by atoms with E-state index in [-0.39, 0.29) is 35.0 Å². The van der Waals surface area contributed by atoms with E-state index in [4.69, 9.17) is 10.5 Å². The minimum Gasteiger partial charge on any atom is -0.444 e. The van der Waals surface area contributed by atoms with Gasteiger partial charge in [-0.25, -0.2) is 4.79 Å². The maximum absolute atomic E-state index is 12.7. The third-order valence-electron chi connectivity index (χ3n) is 4.62. The molecule has 0 spiro atoms. The monoisotopic (exact) mass is 392 g/mol. The molecule has 1 aliphatic heterocycles. The first-order valence-electron chi connectivity index (χ1n) is 9.22. The van der Waals surface area contributed by atoms with Gasteiger partial charge in [0.15, 0.2) is 0 Å². The largest absolute Gasteiger partial charge is 0.444 e. The lowest BCUT2D eigenvalue weighted by atomic mass is 9.93. The Morgan fingerprint density at radius 2 is 2.00 bits per heavy atom. The first kappa shape index (κ1) is 21.5. The normalized spacial score (nSPS) is 19.8. The quantitative estimate of drug-likeness (QED) is 0.462. The van der Waals surface area contributed by atoms with E-state index in [1.807, 2.05) is 27.7 Å². The second kappa shape index (κ2) is 8.04. The number of hydrogen-bond acceptors (Lipinski definition) is 6. The van der Waals surface area contributed by atoms with Gasteiger partial charge < -0.3 is 20.7 Å². The Labute approximate surface area is 164 Å². The molecule has 0 bridgehead atoms. The van der Waals surface area contributed by atoms with Gasteiger partial charge in [-0.15, -0.1) is 0 Å². The van der Waals surface area contributed by atoms with Crippen LogP contribution in [0.2, 0.25) is 0 Å². The van der Waals surface area contributed by atoms with Crippen molar-refractivity contribution in [2.75, 3.05) is 18.8 Å². The van der Waals surface area contributed by atoms with Crippen molar-refractivity contribution in [3.05, 3.63) is 33.4 Å². The van der Waals surface area contributed by atoms with Crippen molar-refractivity contribution in [3.63, 3.8) is 0 Å². The number of nitro groups is 1. The van der Waals surface area contributed by atoms with Gasteiger partial charge in [-0.2, -0.15) is 0 Å². The van der Waals surface area contributed by atoms with Gasteiger partial charge in [-0.3, -0.25) is 14.9 Å². The number of carbonyl (C=O) groups excluding carboxylic acids is 2. The number of amides is 2. The Bertz CT molecular complexity index is 787. The minimum atomic E-state index is -0.596. The van der Waals surface area contributed by atoms with Crippen LogP contribution in [-0.2, 0) is 4.74 Å². The fraction of sp³-hybridized carbons (Fsp3) is 0.579. The van der Waals surface area contributed by atoms with Gasteiger partial charge >= 0.3 is 6.09 Å². The SMILES string of the molecule is Cc1cc(C(=O)N[C@H]2CCN(C(=O)OC(C)(C)C)C[C@H]2C)c(N)c([N+](=O)[O-])c1. The second-order valence-electron chi connectivity index (χ2n) is 8.27. The summed E-state index contributed by atoms with van der Waals surface area (Å²) in [6.07, 6.45) is 0.183. The number of rotatable bonds is 3. The smallest absolute Gasteiger partial charge is 0.410 e. The molecule has 1 aromatic carbocycles. The number of benzene rings is 1. The van der Waals surface area contributed by atoms with Crippen LogP contribution in [-0.4, -0.2) is 46.6 Å². The molecular formula is C19H28N4O5. The fourth-order valence-corrected chi connectivity index (χ4v) is 3.22. The molecule has 0 aromatic heterocycles. The van der Waals surface area contributed by atoms with Gasteiger partial charge in [0.2, 0.25) is 0 Å². The average Bonchev–Trinajstić information content (AvgIpc) is 2.56. The second-order valence-corrected chi connectivity index (χ2v) is 8.27. The predicted molar refractivity (Wildman–Crippen MR) is 105 cm³/mol. The molecule has 1 saturated heterocycles. The van der Waals surface area contributed by atoms with E-state index in [9.17, 15) is 19.7 Å². The summed E-state index contributed by atoms with van der Waals surface area (Å²) in [5.74, 6) is -0.460. The maximum atomic E-state index is 12.7. The third kappa shape index (κ3) is 5.11. The summed E-state index contributed by atoms with van der Waals surface area (Å²) in [5, 5.41) is 14.0. The van der Waals surface area contributed by atoms with E-state index < -0.39 is 16.4 Å². The van der Waals surface area contributed by atoms with Gasteiger partial charge in [-0.1, -0.05) is 6.92 Å². The van der Waals surface area contributed by atoms with Crippen LogP contribution in [0.15, 0.2) is 12.1 Å². The highest BCUT2D eigenvalue weighted by Crippen LogP contribution is 2.28. The summed E-state index contributed by atoms with van der Waals surface area (Å²) in [5.41, 5.74) is 5.52. The number of nitrogens with one attached hydrogen (secondary N) is 1. The molecule has 1 fully saturated rings. The topological polar surface area (TPSA) is 128 Å². The molecule has 0 aliphatic carbocycles. The van der Waals surface area contributed by atoms with Gasteiger partial charge in [-0.05, 0) is 51.7 Å². The van der Waals surface area contributed by atoms with Gasteiger partial charge in [0.05, 0.1) is 10.5 Å². The molecule has 154 valence electrons. The molecule has 2 amide bonds. The number of nitrogens with two attached hydrogens (primary N) is 1. The number of hydrogen-bond donors (Lipinski definition) is 2. The first-order valence-corrected chi connectivity index (χ1v) is 9.22. The standard InChI is InChI=1S/C19H28N4O5/c1-11-8-13(16(20)15(9-11)23(26)27)17(24)21-14-6-7-22(10-12(14)2)18(25)28-19(3,4)5/h8-9,12,14H,6-7,10,20H2,1-5H3,(H,21,24)/t12-,14+/m1/s1. The van der Waals surface area contributed by atoms with Crippen LogP contribution in [0.4, 0.5) is 16.2 Å². The van der Waals surface area contributed by atoms with Crippen LogP contribution in [0, 0.1) is 23.0 Å². The van der Waals surface area contributed by atoms with E-state index in [0.29, 0.717) is 25.1 Å². The number of piperidine rings is 1. The predicted octanol–water partition coefficient (Wildman–Crippen LogP) is 2.86. The van der Waals surface area contributed by atoms with Crippen LogP contribution >= 0.6 is 0 Å². The third-order valence-corrected chi connectivity index (χ3v) is 4.62. The number of nitro benzene ring substituents is 1. The Hall–Kier alpha value is -2.84. The van der Waals surface area contributed by atoms with Crippen LogP contribution in [0.1, 0.15) is 50.0 Å². The molecule has 1 heterocycles. The zero-order chi connectivity index (χ0) is 21.2. The highest BCUT2D eigenvalue weighted by atomic mass is 16.6. The van der Waals surface area contributed by atoms with E-state index in [1.54, 1.807) is 11.8 Å². The maximum Gasteiger partial charge on any atom is 0.410 e. The molecule has 9 nitrogen and oxygen atoms in total. The number of anilines is 1. The van der Waals surface area contributed by atoms with Crippen LogP contribution in [0.3, 0.4) is 0 Å². The molecular weight excluding hydrogens is 364 g/mol. The highest BCUT2D eigenvalue weighted by molar-refractivity contribution is 6.01. The van der Waals surface area contributed by atoms with Crippen LogP contribution < -0.4 is 11.1 Å². The van der Waals surface area contributed by atoms with E-state index >= 15 is 0 Å². The molecule has 0 unspecified atom stereocenters. The van der Waals surface area contributed by atoms with Crippen LogP contribution in [0.5, 0.6) is 0 Å². The molecule has 0 saturated carbocycles. The van der Waals surface area contributed by atoms with Crippen molar-refractivity contribution in [3.8, 4) is 0 Å². The number of aryl methyl sites for hydroxylation is 1. The number of ether oxygens (including phenoxy) is 1. The lowest BCUT2D eigenvalue weighted by Gasteiger charge is -2.37. The summed E-state index contributed by atoms with van der Waals surface area (Å²) in [4.78, 5) is 37.1. The Balaban J connectivity index is 2.07. The average molecular weight is 392 g/mol. The van der Waals surface area contributed by atoms with Gasteiger partial charge in [0, 0.05) is 25.2 Å². The number of nitrogen functional groups attached to an aromatic ring is 1. The Kier molecular flexibility index (Phi) is 6.16. The van der Waals surface area contributed by atoms with Crippen molar-refractivity contribution in [1.82, 2.24) is 10.2 Å². The molecule has 2 rings (SSSR count). The van der Waals surface area contributed by atoms with Crippen molar-refractivity contribution < 1.29 is 19.2 Å². The van der Waals surface area contributed by atoms with Gasteiger partial charge in [0.1, 0.15) is 11.3 Å². The first-order chi connectivity index (χ1) is 12.9. The zero-order valence-electron chi connectivity index (χ0n) is 16.9. The van der Waals surface area contributed by atoms with Crippen molar-refractivity contribution in [1.29, 1.82) is 0 Å². The van der Waals surface area contributed by atoms with Crippen molar-refractivity contribution >= 4 is 23.4 Å². The number of likely N-dealkylation sites (tertiary alicyclic amines) is 1. The Morgan fingerprint density at radius 1 is 1.36 bits per heavy atom. The molecule has 0 radical (unpaired) electrons. The summed E-state index contributed by atoms with van der Waals surface area (Å²) >= 11 is 0.